The van der Waals surface area contributed by atoms with Gasteiger partial charge in [0.15, 0.2) is 0 Å². The third-order valence-electron chi connectivity index (χ3n) is 3.73. The maximum Gasteiger partial charge on any atom is 0.248 e. The summed E-state index contributed by atoms with van der Waals surface area (Å²) in [6.45, 7) is 6.21. The number of rotatable bonds is 5. The van der Waals surface area contributed by atoms with Crippen molar-refractivity contribution in [3.05, 3.63) is 40.2 Å². The van der Waals surface area contributed by atoms with Crippen LogP contribution in [0.4, 0.5) is 0 Å². The number of nitrogens with one attached hydrogen (secondary N) is 1. The molecule has 0 aliphatic rings. The molecule has 1 aromatic carbocycles. The Labute approximate surface area is 123 Å². The fourth-order valence-corrected chi connectivity index (χ4v) is 2.71. The standard InChI is InChI=1S/C16H22N2O3/c1-4-12(17-9(2)3)16(21)11-5-7-13(19)15-10(11)6-8-14(20)18-15/h5-9,12,16-17,19,21H,4H2,1-3H3,(H,18,20)/p+1/t12-,16+/m1/s1. The van der Waals surface area contributed by atoms with Gasteiger partial charge in [0, 0.05) is 11.5 Å². The van der Waals surface area contributed by atoms with E-state index in [0.29, 0.717) is 16.9 Å². The number of H-pyrrole nitrogens is 1. The number of hydrogen-bond donors (Lipinski definition) is 4. The second-order valence-electron chi connectivity index (χ2n) is 5.74. The first-order chi connectivity index (χ1) is 9.93. The largest absolute Gasteiger partial charge is 0.506 e. The van der Waals surface area contributed by atoms with Crippen molar-refractivity contribution >= 4 is 10.9 Å². The van der Waals surface area contributed by atoms with E-state index in [2.05, 4.69) is 24.1 Å². The number of quaternary nitrogens is 1. The minimum absolute atomic E-state index is 0.0135. The van der Waals surface area contributed by atoms with Crippen LogP contribution < -0.4 is 10.9 Å². The summed E-state index contributed by atoms with van der Waals surface area (Å²) in [5.41, 5.74) is 0.825. The van der Waals surface area contributed by atoms with E-state index < -0.39 is 6.10 Å². The monoisotopic (exact) mass is 291 g/mol. The zero-order valence-electron chi connectivity index (χ0n) is 12.6. The van der Waals surface area contributed by atoms with E-state index in [0.717, 1.165) is 12.0 Å². The van der Waals surface area contributed by atoms with Gasteiger partial charge in [-0.05, 0) is 38.0 Å². The number of phenolic OH excluding ortho intramolecular Hbond substituents is 1. The van der Waals surface area contributed by atoms with Gasteiger partial charge in [0.1, 0.15) is 17.9 Å². The Hall–Kier alpha value is -1.85. The molecule has 1 aromatic heterocycles. The van der Waals surface area contributed by atoms with Crippen LogP contribution in [0.15, 0.2) is 29.1 Å². The lowest BCUT2D eigenvalue weighted by Gasteiger charge is -2.23. The van der Waals surface area contributed by atoms with Crippen molar-refractivity contribution in [1.82, 2.24) is 4.98 Å². The smallest absolute Gasteiger partial charge is 0.248 e. The van der Waals surface area contributed by atoms with E-state index in [4.69, 9.17) is 0 Å². The number of fused-ring (bicyclic) bond motifs is 1. The van der Waals surface area contributed by atoms with Crippen LogP contribution in [0.25, 0.3) is 10.9 Å². The Balaban J connectivity index is 2.50. The molecule has 5 heteroatoms. The highest BCUT2D eigenvalue weighted by Gasteiger charge is 2.25. The number of benzene rings is 1. The molecule has 5 nitrogen and oxygen atoms in total. The van der Waals surface area contributed by atoms with Crippen molar-refractivity contribution in [2.45, 2.75) is 45.4 Å². The number of aliphatic hydroxyl groups excluding tert-OH is 1. The molecule has 5 N–H and O–H groups in total. The highest BCUT2D eigenvalue weighted by atomic mass is 16.3. The Kier molecular flexibility index (Phi) is 4.65. The molecule has 0 unspecified atom stereocenters. The Morgan fingerprint density at radius 1 is 1.24 bits per heavy atom. The first-order valence-electron chi connectivity index (χ1n) is 7.32. The maximum atomic E-state index is 11.4. The third-order valence-corrected chi connectivity index (χ3v) is 3.73. The summed E-state index contributed by atoms with van der Waals surface area (Å²) in [5, 5.41) is 23.4. The Morgan fingerprint density at radius 2 is 1.95 bits per heavy atom. The number of aliphatic hydroxyl groups is 1. The van der Waals surface area contributed by atoms with Gasteiger partial charge in [0.2, 0.25) is 5.56 Å². The average molecular weight is 291 g/mol. The molecule has 21 heavy (non-hydrogen) atoms. The van der Waals surface area contributed by atoms with Crippen LogP contribution in [0, 0.1) is 0 Å². The number of phenols is 1. The van der Waals surface area contributed by atoms with Gasteiger partial charge in [-0.15, -0.1) is 0 Å². The van der Waals surface area contributed by atoms with Gasteiger partial charge in [0.05, 0.1) is 11.6 Å². The number of aromatic hydroxyl groups is 1. The lowest BCUT2D eigenvalue weighted by Crippen LogP contribution is -2.94. The highest BCUT2D eigenvalue weighted by Crippen LogP contribution is 2.30. The quantitative estimate of drug-likeness (QED) is 0.663. The van der Waals surface area contributed by atoms with Crippen molar-refractivity contribution in [2.24, 2.45) is 0 Å². The normalized spacial score (nSPS) is 14.5. The van der Waals surface area contributed by atoms with Gasteiger partial charge >= 0.3 is 0 Å². The molecular formula is C16H23N2O3+. The number of hydrogen-bond acceptors (Lipinski definition) is 3. The minimum Gasteiger partial charge on any atom is -0.506 e. The summed E-state index contributed by atoms with van der Waals surface area (Å²) in [6.07, 6.45) is 0.164. The van der Waals surface area contributed by atoms with Crippen LogP contribution in [0.1, 0.15) is 38.9 Å². The van der Waals surface area contributed by atoms with Gasteiger partial charge in [-0.1, -0.05) is 13.0 Å². The lowest BCUT2D eigenvalue weighted by molar-refractivity contribution is -0.723. The van der Waals surface area contributed by atoms with E-state index in [1.54, 1.807) is 12.1 Å². The van der Waals surface area contributed by atoms with Crippen molar-refractivity contribution in [3.8, 4) is 5.75 Å². The van der Waals surface area contributed by atoms with Gasteiger partial charge in [-0.2, -0.15) is 0 Å². The molecule has 2 atom stereocenters. The fraction of sp³-hybridized carbons (Fsp3) is 0.438. The summed E-state index contributed by atoms with van der Waals surface area (Å²) in [7, 11) is 0. The second-order valence-corrected chi connectivity index (χ2v) is 5.74. The molecule has 114 valence electrons. The minimum atomic E-state index is -0.661. The van der Waals surface area contributed by atoms with Crippen LogP contribution in [0.3, 0.4) is 0 Å². The maximum absolute atomic E-state index is 11.4. The van der Waals surface area contributed by atoms with E-state index in [1.807, 2.05) is 6.92 Å². The van der Waals surface area contributed by atoms with E-state index >= 15 is 0 Å². The number of aromatic amines is 1. The lowest BCUT2D eigenvalue weighted by atomic mass is 9.95. The van der Waals surface area contributed by atoms with E-state index in [9.17, 15) is 15.0 Å². The second kappa shape index (κ2) is 6.28. The molecule has 0 saturated heterocycles. The van der Waals surface area contributed by atoms with Gasteiger partial charge in [-0.3, -0.25) is 4.79 Å². The topological polar surface area (TPSA) is 89.9 Å². The molecule has 0 bridgehead atoms. The summed E-state index contributed by atoms with van der Waals surface area (Å²) < 4.78 is 0. The molecule has 0 saturated carbocycles. The average Bonchev–Trinajstić information content (AvgIpc) is 2.45. The summed E-state index contributed by atoms with van der Waals surface area (Å²) in [6, 6.07) is 6.70. The molecule has 0 fully saturated rings. The molecule has 2 rings (SSSR count). The summed E-state index contributed by atoms with van der Waals surface area (Å²) in [5.74, 6) is 0.0135. The predicted octanol–water partition coefficient (Wildman–Crippen LogP) is 1.02. The molecule has 1 heterocycles. The van der Waals surface area contributed by atoms with Crippen molar-refractivity contribution in [3.63, 3.8) is 0 Å². The van der Waals surface area contributed by atoms with Crippen molar-refractivity contribution < 1.29 is 15.5 Å². The van der Waals surface area contributed by atoms with Crippen LogP contribution in [-0.4, -0.2) is 27.3 Å². The molecule has 0 aliphatic heterocycles. The third kappa shape index (κ3) is 3.25. The number of pyridine rings is 1. The molecule has 0 amide bonds. The Morgan fingerprint density at radius 3 is 2.57 bits per heavy atom. The van der Waals surface area contributed by atoms with E-state index in [-0.39, 0.29) is 17.4 Å². The van der Waals surface area contributed by atoms with Crippen molar-refractivity contribution in [1.29, 1.82) is 0 Å². The molecule has 0 spiro atoms. The number of nitrogens with two attached hydrogens (primary N) is 1. The number of aromatic nitrogens is 1. The van der Waals surface area contributed by atoms with Crippen LogP contribution in [0.2, 0.25) is 0 Å². The highest BCUT2D eigenvalue weighted by molar-refractivity contribution is 5.87. The van der Waals surface area contributed by atoms with Gasteiger partial charge < -0.3 is 20.5 Å². The van der Waals surface area contributed by atoms with Gasteiger partial charge in [-0.25, -0.2) is 0 Å². The summed E-state index contributed by atoms with van der Waals surface area (Å²) in [4.78, 5) is 14.0. The van der Waals surface area contributed by atoms with Crippen molar-refractivity contribution in [2.75, 3.05) is 0 Å². The zero-order valence-corrected chi connectivity index (χ0v) is 12.6. The molecule has 2 aromatic rings. The van der Waals surface area contributed by atoms with Crippen LogP contribution in [-0.2, 0) is 0 Å². The van der Waals surface area contributed by atoms with E-state index in [1.165, 1.54) is 12.1 Å². The molecular weight excluding hydrogens is 268 g/mol. The zero-order chi connectivity index (χ0) is 15.6. The summed E-state index contributed by atoms with van der Waals surface area (Å²) >= 11 is 0. The SMILES string of the molecule is CC[C@@H]([NH2+]C(C)C)[C@@H](O)c1ccc(O)c2[nH]c(=O)ccc12. The van der Waals surface area contributed by atoms with Crippen LogP contribution >= 0.6 is 0 Å². The molecule has 0 radical (unpaired) electrons. The van der Waals surface area contributed by atoms with Crippen LogP contribution in [0.5, 0.6) is 5.75 Å². The fourth-order valence-electron chi connectivity index (χ4n) is 2.71. The first kappa shape index (κ1) is 15.5. The predicted molar refractivity (Wildman–Crippen MR) is 82.3 cm³/mol. The Bertz CT molecular complexity index is 679. The first-order valence-corrected chi connectivity index (χ1v) is 7.32. The molecule has 0 aliphatic carbocycles. The van der Waals surface area contributed by atoms with Gasteiger partial charge in [0.25, 0.3) is 0 Å².